The van der Waals surface area contributed by atoms with E-state index in [9.17, 15) is 4.79 Å². The average molecular weight is 413 g/mol. The van der Waals surface area contributed by atoms with Crippen LogP contribution in [0.3, 0.4) is 0 Å². The van der Waals surface area contributed by atoms with E-state index in [0.717, 1.165) is 20.4 Å². The van der Waals surface area contributed by atoms with E-state index in [-0.39, 0.29) is 12.0 Å². The highest BCUT2D eigenvalue weighted by atomic mass is 79.9. The van der Waals surface area contributed by atoms with E-state index in [1.807, 2.05) is 50.2 Å². The fraction of sp³-hybridized carbons (Fsp3) is 0.188. The van der Waals surface area contributed by atoms with Gasteiger partial charge in [-0.3, -0.25) is 4.79 Å². The van der Waals surface area contributed by atoms with Gasteiger partial charge in [0.2, 0.25) is 0 Å². The quantitative estimate of drug-likeness (QED) is 0.744. The number of benzene rings is 2. The molecule has 0 heterocycles. The number of hydrogen-bond donors (Lipinski definition) is 1. The number of carbonyl (C=O) groups is 1. The van der Waals surface area contributed by atoms with Crippen molar-refractivity contribution in [3.63, 3.8) is 0 Å². The maximum atomic E-state index is 12.2. The highest BCUT2D eigenvalue weighted by molar-refractivity contribution is 9.11. The summed E-state index contributed by atoms with van der Waals surface area (Å²) in [5.41, 5.74) is 1.31. The van der Waals surface area contributed by atoms with Gasteiger partial charge in [0.15, 0.2) is 0 Å². The van der Waals surface area contributed by atoms with Crippen LogP contribution in [0.15, 0.2) is 51.4 Å². The molecule has 0 aromatic heterocycles. The molecule has 21 heavy (non-hydrogen) atoms. The summed E-state index contributed by atoms with van der Waals surface area (Å²) in [5.74, 6) is 0.625. The molecule has 3 nitrogen and oxygen atoms in total. The van der Waals surface area contributed by atoms with E-state index in [2.05, 4.69) is 37.2 Å². The molecule has 110 valence electrons. The fourth-order valence-electron chi connectivity index (χ4n) is 1.76. The molecule has 0 fully saturated rings. The first-order chi connectivity index (χ1) is 9.95. The van der Waals surface area contributed by atoms with Crippen LogP contribution < -0.4 is 10.1 Å². The van der Waals surface area contributed by atoms with E-state index >= 15 is 0 Å². The number of nitrogens with one attached hydrogen (secondary N) is 1. The number of anilines is 1. The number of carbonyl (C=O) groups excluding carboxylic acids is 1. The summed E-state index contributed by atoms with van der Waals surface area (Å²) >= 11 is 6.75. The number of hydrogen-bond acceptors (Lipinski definition) is 2. The Kier molecular flexibility index (Phi) is 5.42. The third-order valence-electron chi connectivity index (χ3n) is 2.66. The van der Waals surface area contributed by atoms with E-state index in [4.69, 9.17) is 4.74 Å². The summed E-state index contributed by atoms with van der Waals surface area (Å²) in [7, 11) is 0. The molecule has 2 rings (SSSR count). The molecule has 0 aliphatic rings. The van der Waals surface area contributed by atoms with Crippen molar-refractivity contribution in [3.8, 4) is 5.75 Å². The molecule has 0 spiro atoms. The van der Waals surface area contributed by atoms with Gasteiger partial charge in [-0.1, -0.05) is 15.9 Å². The van der Waals surface area contributed by atoms with Gasteiger partial charge in [0.25, 0.3) is 5.91 Å². The highest BCUT2D eigenvalue weighted by Crippen LogP contribution is 2.23. The molecule has 2 aromatic carbocycles. The lowest BCUT2D eigenvalue weighted by molar-refractivity contribution is 0.102. The predicted octanol–water partition coefficient (Wildman–Crippen LogP) is 5.25. The Morgan fingerprint density at radius 3 is 2.33 bits per heavy atom. The molecule has 2 aromatic rings. The highest BCUT2D eigenvalue weighted by Gasteiger charge is 2.10. The Hall–Kier alpha value is -1.33. The Labute approximate surface area is 141 Å². The van der Waals surface area contributed by atoms with Gasteiger partial charge in [0.1, 0.15) is 5.75 Å². The third-order valence-corrected chi connectivity index (χ3v) is 3.81. The summed E-state index contributed by atoms with van der Waals surface area (Å²) in [6.45, 7) is 3.95. The Morgan fingerprint density at radius 2 is 1.76 bits per heavy atom. The van der Waals surface area contributed by atoms with Gasteiger partial charge in [0, 0.05) is 14.6 Å². The van der Waals surface area contributed by atoms with Crippen LogP contribution >= 0.6 is 31.9 Å². The zero-order chi connectivity index (χ0) is 15.4. The van der Waals surface area contributed by atoms with E-state index < -0.39 is 0 Å². The number of rotatable bonds is 4. The van der Waals surface area contributed by atoms with Gasteiger partial charge in [-0.15, -0.1) is 0 Å². The van der Waals surface area contributed by atoms with Gasteiger partial charge in [0.05, 0.1) is 11.7 Å². The normalized spacial score (nSPS) is 10.5. The number of ether oxygens (including phenoxy) is 1. The van der Waals surface area contributed by atoms with E-state index in [1.54, 1.807) is 6.07 Å². The van der Waals surface area contributed by atoms with Gasteiger partial charge < -0.3 is 10.1 Å². The third kappa shape index (κ3) is 4.58. The zero-order valence-electron chi connectivity index (χ0n) is 11.7. The first-order valence-corrected chi connectivity index (χ1v) is 8.07. The minimum absolute atomic E-state index is 0.129. The number of halogens is 2. The van der Waals surface area contributed by atoms with Crippen LogP contribution in [0.25, 0.3) is 0 Å². The van der Waals surface area contributed by atoms with Crippen molar-refractivity contribution in [3.05, 3.63) is 57.0 Å². The Bertz CT molecular complexity index is 639. The Morgan fingerprint density at radius 1 is 1.10 bits per heavy atom. The smallest absolute Gasteiger partial charge is 0.256 e. The van der Waals surface area contributed by atoms with Crippen LogP contribution in [0.1, 0.15) is 24.2 Å². The molecule has 0 bridgehead atoms. The predicted molar refractivity (Wildman–Crippen MR) is 92.0 cm³/mol. The van der Waals surface area contributed by atoms with Crippen molar-refractivity contribution < 1.29 is 9.53 Å². The molecule has 1 amide bonds. The van der Waals surface area contributed by atoms with Crippen molar-refractivity contribution in [2.75, 3.05) is 5.32 Å². The topological polar surface area (TPSA) is 38.3 Å². The van der Waals surface area contributed by atoms with Crippen LogP contribution in [0, 0.1) is 0 Å². The SMILES string of the molecule is CC(C)Oc1ccc(NC(=O)c2ccc(Br)cc2Br)cc1. The zero-order valence-corrected chi connectivity index (χ0v) is 14.9. The minimum Gasteiger partial charge on any atom is -0.491 e. The van der Waals surface area contributed by atoms with Crippen LogP contribution in [0.2, 0.25) is 0 Å². The average Bonchev–Trinajstić information content (AvgIpc) is 2.40. The summed E-state index contributed by atoms with van der Waals surface area (Å²) in [6, 6.07) is 12.8. The van der Waals surface area contributed by atoms with Crippen LogP contribution in [-0.2, 0) is 0 Å². The van der Waals surface area contributed by atoms with E-state index in [0.29, 0.717) is 5.56 Å². The lowest BCUT2D eigenvalue weighted by atomic mass is 10.2. The summed E-state index contributed by atoms with van der Waals surface area (Å²) < 4.78 is 7.23. The molecular weight excluding hydrogens is 398 g/mol. The largest absolute Gasteiger partial charge is 0.491 e. The molecule has 1 N–H and O–H groups in total. The fourth-order valence-corrected chi connectivity index (χ4v) is 2.99. The van der Waals surface area contributed by atoms with Crippen molar-refractivity contribution >= 4 is 43.5 Å². The first-order valence-electron chi connectivity index (χ1n) is 6.49. The van der Waals surface area contributed by atoms with Crippen molar-refractivity contribution in [1.29, 1.82) is 0 Å². The van der Waals surface area contributed by atoms with E-state index in [1.165, 1.54) is 0 Å². The van der Waals surface area contributed by atoms with Gasteiger partial charge in [-0.05, 0) is 72.2 Å². The van der Waals surface area contributed by atoms with Crippen molar-refractivity contribution in [1.82, 2.24) is 0 Å². The molecule has 0 unspecified atom stereocenters. The first kappa shape index (κ1) is 16.0. The molecule has 0 saturated heterocycles. The minimum atomic E-state index is -0.160. The van der Waals surface area contributed by atoms with Gasteiger partial charge >= 0.3 is 0 Å². The Balaban J connectivity index is 2.08. The molecule has 0 aliphatic heterocycles. The van der Waals surface area contributed by atoms with Crippen LogP contribution in [-0.4, -0.2) is 12.0 Å². The molecule has 0 radical (unpaired) electrons. The van der Waals surface area contributed by atoms with Gasteiger partial charge in [-0.2, -0.15) is 0 Å². The molecule has 5 heteroatoms. The monoisotopic (exact) mass is 411 g/mol. The standard InChI is InChI=1S/C16H15Br2NO2/c1-10(2)21-13-6-4-12(5-7-13)19-16(20)14-8-3-11(17)9-15(14)18/h3-10H,1-2H3,(H,19,20). The van der Waals surface area contributed by atoms with Crippen molar-refractivity contribution in [2.45, 2.75) is 20.0 Å². The van der Waals surface area contributed by atoms with Crippen LogP contribution in [0.4, 0.5) is 5.69 Å². The lowest BCUT2D eigenvalue weighted by Gasteiger charge is -2.11. The van der Waals surface area contributed by atoms with Crippen molar-refractivity contribution in [2.24, 2.45) is 0 Å². The molecule has 0 saturated carbocycles. The summed E-state index contributed by atoms with van der Waals surface area (Å²) in [5, 5.41) is 2.86. The second-order valence-corrected chi connectivity index (χ2v) is 6.54. The second-order valence-electron chi connectivity index (χ2n) is 4.77. The van der Waals surface area contributed by atoms with Gasteiger partial charge in [-0.25, -0.2) is 0 Å². The maximum absolute atomic E-state index is 12.2. The summed E-state index contributed by atoms with van der Waals surface area (Å²) in [4.78, 5) is 12.2. The van der Waals surface area contributed by atoms with Crippen LogP contribution in [0.5, 0.6) is 5.75 Å². The molecule has 0 aliphatic carbocycles. The lowest BCUT2D eigenvalue weighted by Crippen LogP contribution is -2.12. The molecular formula is C16H15Br2NO2. The number of amides is 1. The second kappa shape index (κ2) is 7.09. The molecule has 0 atom stereocenters. The maximum Gasteiger partial charge on any atom is 0.256 e. The summed E-state index contributed by atoms with van der Waals surface area (Å²) in [6.07, 6.45) is 0.129.